The van der Waals surface area contributed by atoms with Crippen molar-refractivity contribution in [1.82, 2.24) is 15.1 Å². The van der Waals surface area contributed by atoms with Crippen molar-refractivity contribution in [1.29, 1.82) is 0 Å². The van der Waals surface area contributed by atoms with Crippen molar-refractivity contribution in [2.24, 2.45) is 7.05 Å². The van der Waals surface area contributed by atoms with Gasteiger partial charge in [-0.25, -0.2) is 0 Å². The average molecular weight is 212 g/mol. The van der Waals surface area contributed by atoms with E-state index in [1.54, 1.807) is 7.05 Å². The number of nitro groups is 1. The molecule has 0 atom stereocenters. The molecule has 84 valence electrons. The summed E-state index contributed by atoms with van der Waals surface area (Å²) in [5.74, 6) is -0.0928. The number of hydrogen-bond acceptors (Lipinski definition) is 4. The van der Waals surface area contributed by atoms with Crippen LogP contribution in [0.15, 0.2) is 6.07 Å². The van der Waals surface area contributed by atoms with E-state index < -0.39 is 4.92 Å². The molecule has 0 aliphatic carbocycles. The number of nitrogens with one attached hydrogen (secondary N) is 1. The maximum atomic E-state index is 10.5. The van der Waals surface area contributed by atoms with Gasteiger partial charge in [0, 0.05) is 6.54 Å². The van der Waals surface area contributed by atoms with E-state index >= 15 is 0 Å². The topological polar surface area (TPSA) is 73.0 Å². The first-order chi connectivity index (χ1) is 7.15. The van der Waals surface area contributed by atoms with Crippen LogP contribution in [-0.2, 0) is 13.6 Å². The maximum Gasteiger partial charge on any atom is 0.390 e. The largest absolute Gasteiger partial charge is 0.390 e. The Hall–Kier alpha value is -1.43. The molecule has 0 bridgehead atoms. The van der Waals surface area contributed by atoms with E-state index in [9.17, 15) is 10.1 Å². The highest BCUT2D eigenvalue weighted by molar-refractivity contribution is 5.21. The molecule has 15 heavy (non-hydrogen) atoms. The van der Waals surface area contributed by atoms with E-state index in [-0.39, 0.29) is 5.82 Å². The third kappa shape index (κ3) is 3.32. The predicted molar refractivity (Wildman–Crippen MR) is 56.5 cm³/mol. The fourth-order valence-electron chi connectivity index (χ4n) is 1.26. The number of hydrogen-bond donors (Lipinski definition) is 1. The Labute approximate surface area is 88.4 Å². The first kappa shape index (κ1) is 11.6. The highest BCUT2D eigenvalue weighted by Crippen LogP contribution is 2.10. The molecule has 0 spiro atoms. The fourth-order valence-corrected chi connectivity index (χ4v) is 1.26. The smallest absolute Gasteiger partial charge is 0.358 e. The van der Waals surface area contributed by atoms with Gasteiger partial charge in [0.05, 0.1) is 23.9 Å². The van der Waals surface area contributed by atoms with E-state index in [0.29, 0.717) is 6.54 Å². The van der Waals surface area contributed by atoms with Crippen LogP contribution in [-0.4, -0.2) is 21.2 Å². The van der Waals surface area contributed by atoms with Gasteiger partial charge in [0.25, 0.3) is 0 Å². The lowest BCUT2D eigenvalue weighted by molar-refractivity contribution is -0.389. The molecule has 0 amide bonds. The lowest BCUT2D eigenvalue weighted by Gasteiger charge is -2.01. The Balaban J connectivity index is 2.50. The van der Waals surface area contributed by atoms with Gasteiger partial charge in [0.1, 0.15) is 0 Å². The summed E-state index contributed by atoms with van der Waals surface area (Å²) in [7, 11) is 1.71. The van der Waals surface area contributed by atoms with Crippen molar-refractivity contribution in [3.63, 3.8) is 0 Å². The molecule has 0 fully saturated rings. The molecule has 1 N–H and O–H groups in total. The molecule has 0 aliphatic rings. The molecule has 1 rings (SSSR count). The standard InChI is InChI=1S/C9H16N4O2/c1-3-4-5-10-7-8-6-9(13(14)15)11-12(8)2/h6,10H,3-5,7H2,1-2H3. The van der Waals surface area contributed by atoms with Crippen molar-refractivity contribution in [3.8, 4) is 0 Å². The molecule has 0 unspecified atom stereocenters. The number of unbranched alkanes of at least 4 members (excludes halogenated alkanes) is 1. The highest BCUT2D eigenvalue weighted by Gasteiger charge is 2.14. The van der Waals surface area contributed by atoms with Crippen LogP contribution in [0.25, 0.3) is 0 Å². The predicted octanol–water partition coefficient (Wildman–Crippen LogP) is 1.22. The molecule has 1 heterocycles. The van der Waals surface area contributed by atoms with Crippen LogP contribution in [0.4, 0.5) is 5.82 Å². The number of aryl methyl sites for hydroxylation is 1. The summed E-state index contributed by atoms with van der Waals surface area (Å²) < 4.78 is 1.54. The van der Waals surface area contributed by atoms with E-state index in [0.717, 1.165) is 25.1 Å². The van der Waals surface area contributed by atoms with Crippen molar-refractivity contribution >= 4 is 5.82 Å². The molecule has 0 saturated heterocycles. The second kappa shape index (κ2) is 5.45. The number of nitrogens with zero attached hydrogens (tertiary/aromatic N) is 3. The van der Waals surface area contributed by atoms with Crippen LogP contribution < -0.4 is 5.32 Å². The summed E-state index contributed by atoms with van der Waals surface area (Å²) in [4.78, 5) is 9.98. The Kier molecular flexibility index (Phi) is 4.23. The normalized spacial score (nSPS) is 10.5. The van der Waals surface area contributed by atoms with Crippen LogP contribution in [0.2, 0.25) is 0 Å². The van der Waals surface area contributed by atoms with Crippen LogP contribution >= 0.6 is 0 Å². The molecular weight excluding hydrogens is 196 g/mol. The summed E-state index contributed by atoms with van der Waals surface area (Å²) in [6, 6.07) is 1.50. The average Bonchev–Trinajstić information content (AvgIpc) is 2.55. The van der Waals surface area contributed by atoms with Crippen molar-refractivity contribution in [3.05, 3.63) is 21.9 Å². The van der Waals surface area contributed by atoms with E-state index in [1.807, 2.05) is 0 Å². The zero-order chi connectivity index (χ0) is 11.3. The van der Waals surface area contributed by atoms with E-state index in [4.69, 9.17) is 0 Å². The van der Waals surface area contributed by atoms with Gasteiger partial charge < -0.3 is 15.4 Å². The van der Waals surface area contributed by atoms with Gasteiger partial charge >= 0.3 is 5.82 Å². The molecule has 0 aliphatic heterocycles. The summed E-state index contributed by atoms with van der Waals surface area (Å²) in [6.45, 7) is 3.67. The quantitative estimate of drug-likeness (QED) is 0.437. The highest BCUT2D eigenvalue weighted by atomic mass is 16.6. The molecule has 0 radical (unpaired) electrons. The summed E-state index contributed by atoms with van der Waals surface area (Å²) >= 11 is 0. The third-order valence-corrected chi connectivity index (χ3v) is 2.16. The number of rotatable bonds is 6. The molecule has 6 heteroatoms. The van der Waals surface area contributed by atoms with Gasteiger partial charge in [-0.05, 0) is 17.9 Å². The molecule has 0 aromatic carbocycles. The molecular formula is C9H16N4O2. The zero-order valence-corrected chi connectivity index (χ0v) is 9.06. The molecule has 0 saturated carbocycles. The van der Waals surface area contributed by atoms with Crippen LogP contribution in [0.1, 0.15) is 25.5 Å². The minimum absolute atomic E-state index is 0.0928. The Morgan fingerprint density at radius 1 is 1.67 bits per heavy atom. The SMILES string of the molecule is CCCCNCc1cc([N+](=O)[O-])nn1C. The van der Waals surface area contributed by atoms with Crippen LogP contribution in [0.3, 0.4) is 0 Å². The van der Waals surface area contributed by atoms with Gasteiger partial charge in [0.15, 0.2) is 0 Å². The second-order valence-electron chi connectivity index (χ2n) is 3.40. The summed E-state index contributed by atoms with van der Waals surface area (Å²) in [5.41, 5.74) is 0.831. The van der Waals surface area contributed by atoms with Gasteiger partial charge in [-0.3, -0.25) is 0 Å². The second-order valence-corrected chi connectivity index (χ2v) is 3.40. The van der Waals surface area contributed by atoms with Crippen molar-refractivity contribution in [2.75, 3.05) is 6.54 Å². The first-order valence-electron chi connectivity index (χ1n) is 5.03. The lowest BCUT2D eigenvalue weighted by atomic mass is 10.3. The third-order valence-electron chi connectivity index (χ3n) is 2.16. The van der Waals surface area contributed by atoms with Gasteiger partial charge in [0.2, 0.25) is 0 Å². The monoisotopic (exact) mass is 212 g/mol. The Bertz CT molecular complexity index is 335. The zero-order valence-electron chi connectivity index (χ0n) is 9.06. The molecule has 1 aromatic rings. The van der Waals surface area contributed by atoms with Crippen LogP contribution in [0, 0.1) is 10.1 Å². The van der Waals surface area contributed by atoms with Gasteiger partial charge in [-0.15, -0.1) is 0 Å². The molecule has 6 nitrogen and oxygen atoms in total. The molecule has 1 aromatic heterocycles. The summed E-state index contributed by atoms with van der Waals surface area (Å²) in [6.07, 6.45) is 2.25. The van der Waals surface area contributed by atoms with E-state index in [1.165, 1.54) is 10.7 Å². The van der Waals surface area contributed by atoms with Gasteiger partial charge in [-0.2, -0.15) is 4.68 Å². The Morgan fingerprint density at radius 2 is 2.40 bits per heavy atom. The van der Waals surface area contributed by atoms with Crippen LogP contribution in [0.5, 0.6) is 0 Å². The fraction of sp³-hybridized carbons (Fsp3) is 0.667. The van der Waals surface area contributed by atoms with Gasteiger partial charge in [-0.1, -0.05) is 13.3 Å². The maximum absolute atomic E-state index is 10.5. The number of aromatic nitrogens is 2. The minimum Gasteiger partial charge on any atom is -0.358 e. The lowest BCUT2D eigenvalue weighted by Crippen LogP contribution is -2.16. The van der Waals surface area contributed by atoms with E-state index in [2.05, 4.69) is 17.3 Å². The first-order valence-corrected chi connectivity index (χ1v) is 5.03. The summed E-state index contributed by atoms with van der Waals surface area (Å²) in [5, 5.41) is 17.5. The Morgan fingerprint density at radius 3 is 2.93 bits per heavy atom. The van der Waals surface area contributed by atoms with Crippen molar-refractivity contribution < 1.29 is 4.92 Å². The van der Waals surface area contributed by atoms with Crippen molar-refractivity contribution in [2.45, 2.75) is 26.3 Å². The minimum atomic E-state index is -0.477.